The van der Waals surface area contributed by atoms with Gasteiger partial charge in [-0.25, -0.2) is 0 Å². The largest absolute Gasteiger partial charge is 0.409 e. The molecule has 21 heavy (non-hydrogen) atoms. The van der Waals surface area contributed by atoms with Gasteiger partial charge in [-0.15, -0.1) is 0 Å². The van der Waals surface area contributed by atoms with Crippen LogP contribution in [0.2, 0.25) is 0 Å². The normalized spacial score (nSPS) is 26.8. The quantitative estimate of drug-likeness (QED) is 0.389. The predicted octanol–water partition coefficient (Wildman–Crippen LogP) is 2.85. The van der Waals surface area contributed by atoms with Crippen molar-refractivity contribution in [1.29, 1.82) is 0 Å². The number of nitrogens with two attached hydrogens (primary N) is 1. The molecule has 0 bridgehead atoms. The molecule has 1 aromatic carbocycles. The Morgan fingerprint density at radius 2 is 2.14 bits per heavy atom. The van der Waals surface area contributed by atoms with Crippen LogP contribution in [0, 0.1) is 12.8 Å². The van der Waals surface area contributed by atoms with Gasteiger partial charge in [-0.05, 0) is 62.3 Å². The summed E-state index contributed by atoms with van der Waals surface area (Å²) < 4.78 is 0. The third-order valence-electron chi connectivity index (χ3n) is 5.23. The van der Waals surface area contributed by atoms with E-state index in [0.29, 0.717) is 0 Å². The van der Waals surface area contributed by atoms with Gasteiger partial charge in [-0.1, -0.05) is 23.7 Å². The number of amidine groups is 1. The zero-order valence-electron chi connectivity index (χ0n) is 12.8. The maximum Gasteiger partial charge on any atom is 0.170 e. The smallest absolute Gasteiger partial charge is 0.170 e. The zero-order valence-corrected chi connectivity index (χ0v) is 12.8. The topological polar surface area (TPSA) is 61.9 Å². The number of nitrogens with zero attached hydrogens (tertiary/aromatic N) is 2. The van der Waals surface area contributed by atoms with Gasteiger partial charge in [0, 0.05) is 18.2 Å². The first kappa shape index (κ1) is 14.4. The van der Waals surface area contributed by atoms with E-state index in [9.17, 15) is 0 Å². The summed E-state index contributed by atoms with van der Waals surface area (Å²) in [7, 11) is 0. The minimum Gasteiger partial charge on any atom is -0.409 e. The number of hydrogen-bond donors (Lipinski definition) is 2. The van der Waals surface area contributed by atoms with E-state index < -0.39 is 0 Å². The molecule has 0 amide bonds. The number of likely N-dealkylation sites (tertiary alicyclic amines) is 1. The zero-order chi connectivity index (χ0) is 14.8. The summed E-state index contributed by atoms with van der Waals surface area (Å²) in [5.74, 6) is 1.11. The molecule has 4 heteroatoms. The number of rotatable bonds is 3. The third-order valence-corrected chi connectivity index (χ3v) is 5.23. The van der Waals surface area contributed by atoms with E-state index in [2.05, 4.69) is 23.0 Å². The van der Waals surface area contributed by atoms with Crippen molar-refractivity contribution in [1.82, 2.24) is 4.90 Å². The van der Waals surface area contributed by atoms with Crippen molar-refractivity contribution in [2.24, 2.45) is 16.8 Å². The monoisotopic (exact) mass is 287 g/mol. The molecule has 0 radical (unpaired) electrons. The van der Waals surface area contributed by atoms with E-state index in [4.69, 9.17) is 10.9 Å². The van der Waals surface area contributed by atoms with E-state index >= 15 is 0 Å². The van der Waals surface area contributed by atoms with Crippen LogP contribution >= 0.6 is 0 Å². The van der Waals surface area contributed by atoms with Gasteiger partial charge in [-0.2, -0.15) is 0 Å². The van der Waals surface area contributed by atoms with Gasteiger partial charge in [0.15, 0.2) is 5.84 Å². The lowest BCUT2D eigenvalue weighted by atomic mass is 9.91. The lowest BCUT2D eigenvalue weighted by Gasteiger charge is -2.38. The molecule has 1 aliphatic carbocycles. The standard InChI is InChI=1S/C17H25N3O/c1-12-10-14(17(18)19-21)7-8-15(12)11-20-9-3-5-13-4-2-6-16(13)20/h7-8,10,13,16,21H,2-6,9,11H2,1H3,(H2,18,19). The van der Waals surface area contributed by atoms with Crippen molar-refractivity contribution in [3.8, 4) is 0 Å². The minimum atomic E-state index is 0.179. The lowest BCUT2D eigenvalue weighted by molar-refractivity contribution is 0.105. The summed E-state index contributed by atoms with van der Waals surface area (Å²) in [4.78, 5) is 2.67. The second-order valence-corrected chi connectivity index (χ2v) is 6.50. The van der Waals surface area contributed by atoms with Crippen LogP contribution in [0.1, 0.15) is 48.8 Å². The van der Waals surface area contributed by atoms with Crippen molar-refractivity contribution in [3.05, 3.63) is 34.9 Å². The van der Waals surface area contributed by atoms with Crippen molar-refractivity contribution in [3.63, 3.8) is 0 Å². The molecule has 2 unspecified atom stereocenters. The van der Waals surface area contributed by atoms with Crippen LogP contribution in [-0.4, -0.2) is 28.5 Å². The Hall–Kier alpha value is -1.55. The van der Waals surface area contributed by atoms with Crippen LogP contribution in [0.15, 0.2) is 23.4 Å². The fourth-order valence-electron chi connectivity index (χ4n) is 4.06. The molecule has 0 spiro atoms. The average molecular weight is 287 g/mol. The number of oxime groups is 1. The summed E-state index contributed by atoms with van der Waals surface area (Å²) in [6.45, 7) is 4.37. The highest BCUT2D eigenvalue weighted by Gasteiger charge is 2.34. The molecule has 1 saturated carbocycles. The first-order valence-electron chi connectivity index (χ1n) is 8.00. The third kappa shape index (κ3) is 2.91. The molecule has 1 aliphatic heterocycles. The van der Waals surface area contributed by atoms with Gasteiger partial charge < -0.3 is 10.9 Å². The molecule has 4 nitrogen and oxygen atoms in total. The summed E-state index contributed by atoms with van der Waals surface area (Å²) in [5.41, 5.74) is 9.03. The Labute approximate surface area is 126 Å². The Morgan fingerprint density at radius 3 is 2.90 bits per heavy atom. The summed E-state index contributed by atoms with van der Waals surface area (Å²) >= 11 is 0. The Morgan fingerprint density at radius 1 is 1.33 bits per heavy atom. The van der Waals surface area contributed by atoms with Gasteiger partial charge >= 0.3 is 0 Å². The molecule has 1 heterocycles. The van der Waals surface area contributed by atoms with Gasteiger partial charge in [0.2, 0.25) is 0 Å². The van der Waals surface area contributed by atoms with Crippen molar-refractivity contribution < 1.29 is 5.21 Å². The number of piperidine rings is 1. The van der Waals surface area contributed by atoms with Crippen LogP contribution in [0.3, 0.4) is 0 Å². The number of hydrogen-bond acceptors (Lipinski definition) is 3. The van der Waals surface area contributed by atoms with Gasteiger partial charge in [-0.3, -0.25) is 4.90 Å². The van der Waals surface area contributed by atoms with Crippen LogP contribution in [-0.2, 0) is 6.54 Å². The molecule has 1 aromatic rings. The van der Waals surface area contributed by atoms with E-state index in [0.717, 1.165) is 24.1 Å². The number of benzene rings is 1. The molecule has 2 atom stereocenters. The second kappa shape index (κ2) is 6.06. The molecule has 3 N–H and O–H groups in total. The average Bonchev–Trinajstić information content (AvgIpc) is 2.98. The SMILES string of the molecule is Cc1cc(/C(N)=N/O)ccc1CN1CCCC2CCCC21. The first-order chi connectivity index (χ1) is 10.2. The Bertz CT molecular complexity index is 541. The highest BCUT2D eigenvalue weighted by Crippen LogP contribution is 2.37. The van der Waals surface area contributed by atoms with Crippen LogP contribution < -0.4 is 5.73 Å². The highest BCUT2D eigenvalue weighted by molar-refractivity contribution is 5.97. The first-order valence-corrected chi connectivity index (χ1v) is 8.00. The Balaban J connectivity index is 1.75. The predicted molar refractivity (Wildman–Crippen MR) is 84.5 cm³/mol. The van der Waals surface area contributed by atoms with Crippen LogP contribution in [0.4, 0.5) is 0 Å². The van der Waals surface area contributed by atoms with Crippen molar-refractivity contribution in [2.45, 2.75) is 51.6 Å². The minimum absolute atomic E-state index is 0.179. The lowest BCUT2D eigenvalue weighted by Crippen LogP contribution is -2.42. The maximum atomic E-state index is 8.77. The van der Waals surface area contributed by atoms with Gasteiger partial charge in [0.1, 0.15) is 0 Å². The molecule has 3 rings (SSSR count). The van der Waals surface area contributed by atoms with Gasteiger partial charge in [0.25, 0.3) is 0 Å². The Kier molecular flexibility index (Phi) is 4.15. The van der Waals surface area contributed by atoms with E-state index in [1.807, 2.05) is 12.1 Å². The summed E-state index contributed by atoms with van der Waals surface area (Å²) in [6.07, 6.45) is 6.94. The van der Waals surface area contributed by atoms with Crippen molar-refractivity contribution in [2.75, 3.05) is 6.54 Å². The molecular weight excluding hydrogens is 262 g/mol. The number of aryl methyl sites for hydroxylation is 1. The summed E-state index contributed by atoms with van der Waals surface area (Å²) in [5, 5.41) is 11.8. The van der Waals surface area contributed by atoms with Gasteiger partial charge in [0.05, 0.1) is 0 Å². The van der Waals surface area contributed by atoms with E-state index in [1.54, 1.807) is 0 Å². The molecule has 1 saturated heterocycles. The fourth-order valence-corrected chi connectivity index (χ4v) is 4.06. The summed E-state index contributed by atoms with van der Waals surface area (Å²) in [6, 6.07) is 6.89. The molecule has 0 aromatic heterocycles. The van der Waals surface area contributed by atoms with E-state index in [-0.39, 0.29) is 5.84 Å². The molecule has 2 aliphatic rings. The highest BCUT2D eigenvalue weighted by atomic mass is 16.4. The number of fused-ring (bicyclic) bond motifs is 1. The molecule has 114 valence electrons. The van der Waals surface area contributed by atoms with Crippen LogP contribution in [0.5, 0.6) is 0 Å². The molecular formula is C17H25N3O. The van der Waals surface area contributed by atoms with Crippen LogP contribution in [0.25, 0.3) is 0 Å². The maximum absolute atomic E-state index is 8.77. The molecule has 2 fully saturated rings. The van der Waals surface area contributed by atoms with Crippen molar-refractivity contribution >= 4 is 5.84 Å². The fraction of sp³-hybridized carbons (Fsp3) is 0.588. The second-order valence-electron chi connectivity index (χ2n) is 6.50. The van der Waals surface area contributed by atoms with E-state index in [1.165, 1.54) is 49.8 Å².